The van der Waals surface area contributed by atoms with E-state index < -0.39 is 11.9 Å². The van der Waals surface area contributed by atoms with E-state index in [-0.39, 0.29) is 6.42 Å². The maximum atomic E-state index is 13.7. The van der Waals surface area contributed by atoms with Gasteiger partial charge in [-0.1, -0.05) is 45.2 Å². The molecule has 0 aliphatic rings. The quantitative estimate of drug-likeness (QED) is 0.797. The van der Waals surface area contributed by atoms with E-state index in [1.54, 1.807) is 30.3 Å². The first-order valence-electron chi connectivity index (χ1n) is 5.54. The predicted octanol–water partition coefficient (Wildman–Crippen LogP) is 5.17. The van der Waals surface area contributed by atoms with Crippen LogP contribution in [-0.4, -0.2) is 5.11 Å². The van der Waals surface area contributed by atoms with Crippen molar-refractivity contribution >= 4 is 39.1 Å². The number of hydrogen-bond donors (Lipinski definition) is 1. The highest BCUT2D eigenvalue weighted by molar-refractivity contribution is 9.10. The standard InChI is InChI=1S/C14H10BrCl2FO/c15-9-2-4-12(17)11(6-9)14(19)5-8-1-3-10(16)7-13(8)18/h1-4,6-7,14,19H,5H2. The molecule has 0 radical (unpaired) electrons. The molecule has 0 amide bonds. The van der Waals surface area contributed by atoms with Crippen LogP contribution >= 0.6 is 39.1 Å². The molecule has 0 bridgehead atoms. The van der Waals surface area contributed by atoms with Crippen LogP contribution in [0, 0.1) is 5.82 Å². The van der Waals surface area contributed by atoms with Gasteiger partial charge < -0.3 is 5.11 Å². The van der Waals surface area contributed by atoms with Crippen LogP contribution in [0.25, 0.3) is 0 Å². The van der Waals surface area contributed by atoms with Crippen LogP contribution in [0.1, 0.15) is 17.2 Å². The summed E-state index contributed by atoms with van der Waals surface area (Å²) in [6.45, 7) is 0. The maximum absolute atomic E-state index is 13.7. The molecule has 0 heterocycles. The monoisotopic (exact) mass is 362 g/mol. The van der Waals surface area contributed by atoms with Crippen LogP contribution in [0.2, 0.25) is 10.0 Å². The van der Waals surface area contributed by atoms with Gasteiger partial charge in [0.15, 0.2) is 0 Å². The number of halogens is 4. The smallest absolute Gasteiger partial charge is 0.127 e. The highest BCUT2D eigenvalue weighted by Crippen LogP contribution is 2.29. The Kier molecular flexibility index (Phi) is 4.85. The average molecular weight is 364 g/mol. The summed E-state index contributed by atoms with van der Waals surface area (Å²) in [5.41, 5.74) is 0.957. The number of benzene rings is 2. The second kappa shape index (κ2) is 6.23. The zero-order chi connectivity index (χ0) is 14.0. The van der Waals surface area contributed by atoms with Crippen LogP contribution in [0.4, 0.5) is 4.39 Å². The molecule has 1 unspecified atom stereocenters. The average Bonchev–Trinajstić information content (AvgIpc) is 2.35. The highest BCUT2D eigenvalue weighted by Gasteiger charge is 2.15. The summed E-state index contributed by atoms with van der Waals surface area (Å²) in [6, 6.07) is 9.57. The maximum Gasteiger partial charge on any atom is 0.127 e. The van der Waals surface area contributed by atoms with E-state index in [0.29, 0.717) is 21.2 Å². The van der Waals surface area contributed by atoms with Crippen molar-refractivity contribution < 1.29 is 9.50 Å². The fourth-order valence-electron chi connectivity index (χ4n) is 1.78. The molecule has 1 N–H and O–H groups in total. The Morgan fingerprint density at radius 2 is 1.89 bits per heavy atom. The minimum atomic E-state index is -0.874. The molecule has 0 aliphatic carbocycles. The van der Waals surface area contributed by atoms with Crippen molar-refractivity contribution in [2.75, 3.05) is 0 Å². The molecule has 0 spiro atoms. The Labute approximate surface area is 129 Å². The Morgan fingerprint density at radius 1 is 1.16 bits per heavy atom. The first-order chi connectivity index (χ1) is 8.97. The molecule has 1 atom stereocenters. The topological polar surface area (TPSA) is 20.2 Å². The van der Waals surface area contributed by atoms with Crippen molar-refractivity contribution in [3.05, 3.63) is 67.9 Å². The Bertz CT molecular complexity index is 604. The molecule has 0 saturated carbocycles. The van der Waals surface area contributed by atoms with Gasteiger partial charge in [0.1, 0.15) is 5.82 Å². The third kappa shape index (κ3) is 3.69. The van der Waals surface area contributed by atoms with Gasteiger partial charge in [0.2, 0.25) is 0 Å². The lowest BCUT2D eigenvalue weighted by Crippen LogP contribution is -2.04. The van der Waals surface area contributed by atoms with E-state index in [1.807, 2.05) is 0 Å². The summed E-state index contributed by atoms with van der Waals surface area (Å²) in [4.78, 5) is 0. The second-order valence-electron chi connectivity index (χ2n) is 4.12. The van der Waals surface area contributed by atoms with E-state index in [4.69, 9.17) is 23.2 Å². The minimum Gasteiger partial charge on any atom is -0.388 e. The molecule has 5 heteroatoms. The van der Waals surface area contributed by atoms with Crippen LogP contribution in [0.15, 0.2) is 40.9 Å². The van der Waals surface area contributed by atoms with E-state index in [1.165, 1.54) is 6.07 Å². The summed E-state index contributed by atoms with van der Waals surface area (Å²) in [6.07, 6.45) is -0.736. The molecular formula is C14H10BrCl2FO. The van der Waals surface area contributed by atoms with E-state index >= 15 is 0 Å². The molecule has 100 valence electrons. The van der Waals surface area contributed by atoms with Crippen molar-refractivity contribution in [2.24, 2.45) is 0 Å². The normalized spacial score (nSPS) is 12.5. The molecule has 1 nitrogen and oxygen atoms in total. The lowest BCUT2D eigenvalue weighted by molar-refractivity contribution is 0.177. The van der Waals surface area contributed by atoms with Gasteiger partial charge in [0.05, 0.1) is 6.10 Å². The second-order valence-corrected chi connectivity index (χ2v) is 5.88. The van der Waals surface area contributed by atoms with Gasteiger partial charge in [-0.15, -0.1) is 0 Å². The molecule has 0 aliphatic heterocycles. The lowest BCUT2D eigenvalue weighted by atomic mass is 10.0. The number of aliphatic hydroxyl groups is 1. The zero-order valence-electron chi connectivity index (χ0n) is 9.71. The van der Waals surface area contributed by atoms with Gasteiger partial charge in [-0.05, 0) is 35.9 Å². The zero-order valence-corrected chi connectivity index (χ0v) is 12.8. The molecule has 0 saturated heterocycles. The van der Waals surface area contributed by atoms with Crippen molar-refractivity contribution in [2.45, 2.75) is 12.5 Å². The lowest BCUT2D eigenvalue weighted by Gasteiger charge is -2.14. The third-order valence-electron chi connectivity index (χ3n) is 2.75. The Hall–Kier alpha value is -0.610. The summed E-state index contributed by atoms with van der Waals surface area (Å²) in [7, 11) is 0. The van der Waals surface area contributed by atoms with Crippen LogP contribution in [0.5, 0.6) is 0 Å². The fraction of sp³-hybridized carbons (Fsp3) is 0.143. The number of hydrogen-bond acceptors (Lipinski definition) is 1. The van der Waals surface area contributed by atoms with E-state index in [0.717, 1.165) is 4.47 Å². The number of rotatable bonds is 3. The summed E-state index contributed by atoms with van der Waals surface area (Å²) in [5, 5.41) is 10.9. The van der Waals surface area contributed by atoms with Gasteiger partial charge in [-0.2, -0.15) is 0 Å². The van der Waals surface area contributed by atoms with Crippen LogP contribution in [0.3, 0.4) is 0 Å². The van der Waals surface area contributed by atoms with Crippen molar-refractivity contribution in [3.8, 4) is 0 Å². The van der Waals surface area contributed by atoms with Gasteiger partial charge in [-0.3, -0.25) is 0 Å². The van der Waals surface area contributed by atoms with Gasteiger partial charge in [0, 0.05) is 26.5 Å². The van der Waals surface area contributed by atoms with Gasteiger partial charge in [-0.25, -0.2) is 4.39 Å². The molecule has 0 fully saturated rings. The van der Waals surface area contributed by atoms with E-state index in [9.17, 15) is 9.50 Å². The summed E-state index contributed by atoms with van der Waals surface area (Å²) in [5.74, 6) is -0.433. The van der Waals surface area contributed by atoms with Crippen LogP contribution in [-0.2, 0) is 6.42 Å². The Morgan fingerprint density at radius 3 is 2.58 bits per heavy atom. The molecule has 2 rings (SSSR count). The molecule has 19 heavy (non-hydrogen) atoms. The minimum absolute atomic E-state index is 0.138. The molecule has 2 aromatic carbocycles. The van der Waals surface area contributed by atoms with Gasteiger partial charge >= 0.3 is 0 Å². The summed E-state index contributed by atoms with van der Waals surface area (Å²) >= 11 is 15.0. The highest BCUT2D eigenvalue weighted by atomic mass is 79.9. The van der Waals surface area contributed by atoms with Crippen molar-refractivity contribution in [1.29, 1.82) is 0 Å². The van der Waals surface area contributed by atoms with Gasteiger partial charge in [0.25, 0.3) is 0 Å². The molecular weight excluding hydrogens is 354 g/mol. The van der Waals surface area contributed by atoms with Crippen LogP contribution < -0.4 is 0 Å². The summed E-state index contributed by atoms with van der Waals surface area (Å²) < 4.78 is 14.5. The molecule has 0 aromatic heterocycles. The number of aliphatic hydroxyl groups excluding tert-OH is 1. The third-order valence-corrected chi connectivity index (χ3v) is 3.82. The SMILES string of the molecule is OC(Cc1ccc(Cl)cc1F)c1cc(Br)ccc1Cl. The molecule has 2 aromatic rings. The van der Waals surface area contributed by atoms with E-state index in [2.05, 4.69) is 15.9 Å². The fourth-order valence-corrected chi connectivity index (χ4v) is 2.56. The first-order valence-corrected chi connectivity index (χ1v) is 7.09. The Balaban J connectivity index is 2.25. The van der Waals surface area contributed by atoms with Crippen molar-refractivity contribution in [3.63, 3.8) is 0 Å². The predicted molar refractivity (Wildman–Crippen MR) is 79.2 cm³/mol. The van der Waals surface area contributed by atoms with Crippen molar-refractivity contribution in [1.82, 2.24) is 0 Å². The largest absolute Gasteiger partial charge is 0.388 e. The first kappa shape index (κ1) is 14.8.